The number of primary amides is 1. The monoisotopic (exact) mass is 518 g/mol. The Balaban J connectivity index is 1.57. The molecule has 0 radical (unpaired) electrons. The highest BCUT2D eigenvalue weighted by Gasteiger charge is 2.34. The van der Waals surface area contributed by atoms with Crippen LogP contribution in [0.4, 0.5) is 17.6 Å². The minimum Gasteiger partial charge on any atom is -0.486 e. The van der Waals surface area contributed by atoms with Crippen molar-refractivity contribution in [2.45, 2.75) is 31.5 Å². The van der Waals surface area contributed by atoms with Crippen molar-refractivity contribution in [1.29, 1.82) is 0 Å². The van der Waals surface area contributed by atoms with Gasteiger partial charge in [-0.1, -0.05) is 28.1 Å². The molecule has 1 fully saturated rings. The Kier molecular flexibility index (Phi) is 7.27. The number of carbonyl (C=O) groups is 2. The molecule has 0 aromatic heterocycles. The average molecular weight is 519 g/mol. The summed E-state index contributed by atoms with van der Waals surface area (Å²) in [5.41, 5.74) is 5.93. The summed E-state index contributed by atoms with van der Waals surface area (Å²) in [5, 5.41) is 0. The lowest BCUT2D eigenvalue weighted by Gasteiger charge is -2.35. The number of hydrogen-bond acceptors (Lipinski definition) is 4. The Labute approximate surface area is 189 Å². The Morgan fingerprint density at radius 1 is 1.16 bits per heavy atom. The van der Waals surface area contributed by atoms with E-state index in [0.29, 0.717) is 10.0 Å². The molecule has 1 heterocycles. The maximum absolute atomic E-state index is 14.7. The van der Waals surface area contributed by atoms with Crippen molar-refractivity contribution >= 4 is 27.7 Å². The molecule has 1 saturated heterocycles. The minimum atomic E-state index is -4.80. The number of benzene rings is 2. The van der Waals surface area contributed by atoms with E-state index in [1.54, 1.807) is 6.07 Å². The Morgan fingerprint density at radius 3 is 2.44 bits per heavy atom. The van der Waals surface area contributed by atoms with Gasteiger partial charge in [-0.25, -0.2) is 4.39 Å². The second-order valence-corrected chi connectivity index (χ2v) is 8.09. The molecular formula is C21H19BrF4N2O4. The van der Waals surface area contributed by atoms with Gasteiger partial charge in [0.05, 0.1) is 18.5 Å². The molecule has 2 amide bonds. The van der Waals surface area contributed by atoms with E-state index in [9.17, 15) is 27.2 Å². The molecule has 0 saturated carbocycles. The van der Waals surface area contributed by atoms with Crippen molar-refractivity contribution in [2.75, 3.05) is 13.1 Å². The average Bonchev–Trinajstić information content (AvgIpc) is 2.70. The molecule has 32 heavy (non-hydrogen) atoms. The summed E-state index contributed by atoms with van der Waals surface area (Å²) in [6, 6.07) is 9.56. The number of nitrogens with two attached hydrogens (primary N) is 1. The second-order valence-electron chi connectivity index (χ2n) is 7.17. The molecule has 2 aromatic rings. The van der Waals surface area contributed by atoms with Crippen LogP contribution in [0.15, 0.2) is 46.9 Å². The quantitative estimate of drug-likeness (QED) is 0.586. The van der Waals surface area contributed by atoms with Gasteiger partial charge in [-0.2, -0.15) is 0 Å². The molecular weight excluding hydrogens is 500 g/mol. The molecule has 172 valence electrons. The van der Waals surface area contributed by atoms with Crippen LogP contribution < -0.4 is 15.2 Å². The first-order chi connectivity index (χ1) is 15.0. The Morgan fingerprint density at radius 2 is 1.84 bits per heavy atom. The molecule has 2 N–H and O–H groups in total. The van der Waals surface area contributed by atoms with Crippen molar-refractivity contribution in [3.05, 3.63) is 58.1 Å². The number of nitrogens with zero attached hydrogens (tertiary/aromatic N) is 1. The fraction of sp³-hybridized carbons (Fsp3) is 0.333. The molecule has 0 aliphatic carbocycles. The zero-order valence-electron chi connectivity index (χ0n) is 16.6. The van der Waals surface area contributed by atoms with E-state index in [2.05, 4.69) is 20.7 Å². The van der Waals surface area contributed by atoms with Crippen LogP contribution in [0.1, 0.15) is 22.3 Å². The zero-order valence-corrected chi connectivity index (χ0v) is 18.2. The standard InChI is InChI=1S/C21H19BrF4N2O4/c22-13-3-6-17(15(10-13)20(27)30)31-18-7-8-28(11-16(18)23)19(29)9-12-1-4-14(5-2-12)32-21(24,25)26/h1-6,10,16,18H,7-9,11H2,(H2,27,30)/t16-,18+/m0/s1. The van der Waals surface area contributed by atoms with Gasteiger partial charge in [0.15, 0.2) is 6.17 Å². The summed E-state index contributed by atoms with van der Waals surface area (Å²) in [5.74, 6) is -1.30. The number of alkyl halides is 4. The van der Waals surface area contributed by atoms with Crippen molar-refractivity contribution in [3.63, 3.8) is 0 Å². The number of likely N-dealkylation sites (tertiary alicyclic amines) is 1. The van der Waals surface area contributed by atoms with Crippen LogP contribution in [0.2, 0.25) is 0 Å². The van der Waals surface area contributed by atoms with Gasteiger partial charge in [-0.3, -0.25) is 9.59 Å². The highest BCUT2D eigenvalue weighted by atomic mass is 79.9. The van der Waals surface area contributed by atoms with E-state index in [1.807, 2.05) is 0 Å². The van der Waals surface area contributed by atoms with Crippen LogP contribution in [-0.2, 0) is 11.2 Å². The van der Waals surface area contributed by atoms with E-state index in [4.69, 9.17) is 10.5 Å². The number of halogens is 5. The minimum absolute atomic E-state index is 0.0942. The van der Waals surface area contributed by atoms with Gasteiger partial charge >= 0.3 is 6.36 Å². The lowest BCUT2D eigenvalue weighted by atomic mass is 10.0. The summed E-state index contributed by atoms with van der Waals surface area (Å²) >= 11 is 3.23. The van der Waals surface area contributed by atoms with Gasteiger partial charge in [0, 0.05) is 17.4 Å². The molecule has 2 atom stereocenters. The van der Waals surface area contributed by atoms with Crippen molar-refractivity contribution < 1.29 is 36.6 Å². The van der Waals surface area contributed by atoms with E-state index in [0.717, 1.165) is 12.1 Å². The number of piperidine rings is 1. The third-order valence-corrected chi connectivity index (χ3v) is 5.33. The normalized spacial score (nSPS) is 18.8. The summed E-state index contributed by atoms with van der Waals surface area (Å²) in [6.07, 6.45) is -7.06. The van der Waals surface area contributed by atoms with E-state index >= 15 is 0 Å². The van der Waals surface area contributed by atoms with Crippen LogP contribution in [0.25, 0.3) is 0 Å². The SMILES string of the molecule is NC(=O)c1cc(Br)ccc1O[C@@H]1CCN(C(=O)Cc2ccc(OC(F)(F)F)cc2)C[C@@H]1F. The topological polar surface area (TPSA) is 81.9 Å². The fourth-order valence-electron chi connectivity index (χ4n) is 3.30. The summed E-state index contributed by atoms with van der Waals surface area (Å²) in [4.78, 5) is 25.5. The lowest BCUT2D eigenvalue weighted by Crippen LogP contribution is -2.49. The van der Waals surface area contributed by atoms with Crippen molar-refractivity contribution in [2.24, 2.45) is 5.73 Å². The number of amides is 2. The first-order valence-corrected chi connectivity index (χ1v) is 10.3. The third kappa shape index (κ3) is 6.35. The van der Waals surface area contributed by atoms with Crippen LogP contribution in [-0.4, -0.2) is 48.4 Å². The highest BCUT2D eigenvalue weighted by molar-refractivity contribution is 9.10. The maximum atomic E-state index is 14.7. The van der Waals surface area contributed by atoms with E-state index in [-0.39, 0.29) is 43.2 Å². The van der Waals surface area contributed by atoms with Crippen molar-refractivity contribution in [3.8, 4) is 11.5 Å². The number of ether oxygens (including phenoxy) is 2. The second kappa shape index (κ2) is 9.76. The molecule has 6 nitrogen and oxygen atoms in total. The molecule has 0 unspecified atom stereocenters. The first-order valence-electron chi connectivity index (χ1n) is 9.54. The summed E-state index contributed by atoms with van der Waals surface area (Å²) in [7, 11) is 0. The van der Waals surface area contributed by atoms with E-state index < -0.39 is 30.3 Å². The number of rotatable bonds is 6. The van der Waals surface area contributed by atoms with Gasteiger partial charge in [0.1, 0.15) is 17.6 Å². The van der Waals surface area contributed by atoms with Gasteiger partial charge < -0.3 is 20.1 Å². The smallest absolute Gasteiger partial charge is 0.486 e. The number of carbonyl (C=O) groups excluding carboxylic acids is 2. The first kappa shape index (κ1) is 23.8. The molecule has 11 heteroatoms. The van der Waals surface area contributed by atoms with Crippen LogP contribution in [0.5, 0.6) is 11.5 Å². The Bertz CT molecular complexity index is 985. The van der Waals surface area contributed by atoms with Gasteiger partial charge in [0.25, 0.3) is 5.91 Å². The third-order valence-electron chi connectivity index (χ3n) is 4.83. The maximum Gasteiger partial charge on any atom is 0.573 e. The van der Waals surface area contributed by atoms with E-state index in [1.165, 1.54) is 29.2 Å². The van der Waals surface area contributed by atoms with Crippen LogP contribution in [0.3, 0.4) is 0 Å². The fourth-order valence-corrected chi connectivity index (χ4v) is 3.66. The molecule has 3 rings (SSSR count). The van der Waals surface area contributed by atoms with Crippen molar-refractivity contribution in [1.82, 2.24) is 4.90 Å². The molecule has 2 aromatic carbocycles. The molecule has 1 aliphatic rings. The largest absolute Gasteiger partial charge is 0.573 e. The summed E-state index contributed by atoms with van der Waals surface area (Å²) < 4.78 is 61.5. The Hall–Kier alpha value is -2.82. The van der Waals surface area contributed by atoms with Crippen LogP contribution in [0, 0.1) is 0 Å². The highest BCUT2D eigenvalue weighted by Crippen LogP contribution is 2.28. The number of hydrogen-bond donors (Lipinski definition) is 1. The lowest BCUT2D eigenvalue weighted by molar-refractivity contribution is -0.274. The predicted molar refractivity (Wildman–Crippen MR) is 110 cm³/mol. The van der Waals surface area contributed by atoms with Gasteiger partial charge in [0.2, 0.25) is 5.91 Å². The van der Waals surface area contributed by atoms with Crippen LogP contribution >= 0.6 is 15.9 Å². The summed E-state index contributed by atoms with van der Waals surface area (Å²) in [6.45, 7) is 0.0167. The molecule has 1 aliphatic heterocycles. The van der Waals surface area contributed by atoms with Gasteiger partial charge in [-0.15, -0.1) is 13.2 Å². The molecule has 0 spiro atoms. The van der Waals surface area contributed by atoms with Gasteiger partial charge in [-0.05, 0) is 35.9 Å². The predicted octanol–water partition coefficient (Wildman–Crippen LogP) is 4.01. The zero-order chi connectivity index (χ0) is 23.5. The molecule has 0 bridgehead atoms.